The van der Waals surface area contributed by atoms with Gasteiger partial charge in [-0.15, -0.1) is 0 Å². The van der Waals surface area contributed by atoms with Gasteiger partial charge in [0, 0.05) is 10.9 Å². The van der Waals surface area contributed by atoms with Crippen LogP contribution in [0.4, 0.5) is 0 Å². The molecule has 2 nitrogen and oxygen atoms in total. The summed E-state index contributed by atoms with van der Waals surface area (Å²) in [6.45, 7) is 0. The Labute approximate surface area is 331 Å². The van der Waals surface area contributed by atoms with Crippen LogP contribution in [0.3, 0.4) is 0 Å². The van der Waals surface area contributed by atoms with Crippen molar-refractivity contribution in [3.05, 3.63) is 218 Å². The molecule has 0 atom stereocenters. The molecule has 0 fully saturated rings. The Balaban J connectivity index is 1.13. The van der Waals surface area contributed by atoms with Gasteiger partial charge in [0.05, 0.1) is 16.7 Å². The van der Waals surface area contributed by atoms with Crippen molar-refractivity contribution in [3.8, 4) is 61.6 Å². The molecule has 0 saturated carbocycles. The van der Waals surface area contributed by atoms with Crippen molar-refractivity contribution < 1.29 is 0 Å². The van der Waals surface area contributed by atoms with Crippen LogP contribution in [0.1, 0.15) is 0 Å². The van der Waals surface area contributed by atoms with E-state index in [0.717, 1.165) is 28.1 Å². The molecule has 57 heavy (non-hydrogen) atoms. The normalized spacial score (nSPS) is 11.5. The molecule has 0 aliphatic rings. The molecule has 0 radical (unpaired) electrons. The average molecular weight is 725 g/mol. The molecule has 1 aromatic heterocycles. The number of hydrogen-bond acceptors (Lipinski definition) is 1. The van der Waals surface area contributed by atoms with Crippen LogP contribution in [0.5, 0.6) is 0 Å². The van der Waals surface area contributed by atoms with Gasteiger partial charge >= 0.3 is 0 Å². The van der Waals surface area contributed by atoms with Crippen molar-refractivity contribution in [2.24, 2.45) is 0 Å². The fourth-order valence-electron chi connectivity index (χ4n) is 8.75. The first-order chi connectivity index (χ1) is 28.3. The van der Waals surface area contributed by atoms with Gasteiger partial charge in [0.1, 0.15) is 5.82 Å². The first-order valence-corrected chi connectivity index (χ1v) is 19.5. The lowest BCUT2D eigenvalue weighted by Crippen LogP contribution is -1.99. The van der Waals surface area contributed by atoms with E-state index in [9.17, 15) is 0 Å². The predicted molar refractivity (Wildman–Crippen MR) is 241 cm³/mol. The molecule has 0 spiro atoms. The van der Waals surface area contributed by atoms with E-state index in [1.807, 2.05) is 0 Å². The smallest absolute Gasteiger partial charge is 0.145 e. The van der Waals surface area contributed by atoms with E-state index >= 15 is 0 Å². The third kappa shape index (κ3) is 5.61. The first-order valence-electron chi connectivity index (χ1n) is 19.5. The third-order valence-electron chi connectivity index (χ3n) is 11.4. The number of nitrogens with zero attached hydrogens (tertiary/aromatic N) is 2. The zero-order valence-corrected chi connectivity index (χ0v) is 31.2. The van der Waals surface area contributed by atoms with Crippen LogP contribution in [0.15, 0.2) is 218 Å². The molecule has 0 bridgehead atoms. The standard InChI is InChI=1S/C55H36N2/c1-3-15-37(16-4-1)42-21-13-22-44(35-42)54-47-25-10-9-24-46(47)53(48-34-33-43(36-49(48)54)38-17-5-2-6-18-38)40-29-31-41(32-30-40)55-56-50-26-11-12-27-52(50)57(55)51-28-14-20-39-19-7-8-23-45(39)51/h1-36H. The van der Waals surface area contributed by atoms with Crippen LogP contribution >= 0.6 is 0 Å². The fraction of sp³-hybridized carbons (Fsp3) is 0. The SMILES string of the molecule is c1ccc(-c2cccc(-c3c4ccccc4c(-c4ccc(-c5nc6ccccc6n5-c5cccc6ccccc56)cc4)c4ccc(-c5ccccc5)cc34)c2)cc1. The van der Waals surface area contributed by atoms with Crippen LogP contribution < -0.4 is 0 Å². The molecule has 0 amide bonds. The maximum Gasteiger partial charge on any atom is 0.145 e. The van der Waals surface area contributed by atoms with Crippen molar-refractivity contribution in [2.75, 3.05) is 0 Å². The van der Waals surface area contributed by atoms with Crippen LogP contribution in [0, 0.1) is 0 Å². The number of aromatic nitrogens is 2. The lowest BCUT2D eigenvalue weighted by atomic mass is 9.84. The molecule has 2 heteroatoms. The summed E-state index contributed by atoms with van der Waals surface area (Å²) >= 11 is 0. The summed E-state index contributed by atoms with van der Waals surface area (Å²) < 4.78 is 2.32. The Morgan fingerprint density at radius 1 is 0.298 bits per heavy atom. The second kappa shape index (κ2) is 13.6. The summed E-state index contributed by atoms with van der Waals surface area (Å²) in [6, 6.07) is 78.9. The number of benzene rings is 10. The number of para-hydroxylation sites is 2. The minimum atomic E-state index is 0.926. The minimum Gasteiger partial charge on any atom is -0.292 e. The highest BCUT2D eigenvalue weighted by atomic mass is 15.1. The molecule has 0 unspecified atom stereocenters. The summed E-state index contributed by atoms with van der Waals surface area (Å²) in [6.07, 6.45) is 0. The Hall–Kier alpha value is -7.55. The molecule has 0 saturated heterocycles. The summed E-state index contributed by atoms with van der Waals surface area (Å²) in [7, 11) is 0. The van der Waals surface area contributed by atoms with Crippen LogP contribution in [0.25, 0.3) is 105 Å². The molecule has 10 aromatic carbocycles. The fourth-order valence-corrected chi connectivity index (χ4v) is 8.75. The van der Waals surface area contributed by atoms with E-state index in [4.69, 9.17) is 4.98 Å². The maximum absolute atomic E-state index is 5.24. The van der Waals surface area contributed by atoms with E-state index in [2.05, 4.69) is 223 Å². The molecular formula is C55H36N2. The van der Waals surface area contributed by atoms with E-state index in [-0.39, 0.29) is 0 Å². The van der Waals surface area contributed by atoms with Crippen molar-refractivity contribution >= 4 is 43.4 Å². The van der Waals surface area contributed by atoms with Gasteiger partial charge in [-0.05, 0) is 102 Å². The Morgan fingerprint density at radius 2 is 0.807 bits per heavy atom. The van der Waals surface area contributed by atoms with Crippen molar-refractivity contribution in [3.63, 3.8) is 0 Å². The molecule has 0 N–H and O–H groups in total. The van der Waals surface area contributed by atoms with Crippen LogP contribution in [-0.4, -0.2) is 9.55 Å². The van der Waals surface area contributed by atoms with Gasteiger partial charge in [-0.3, -0.25) is 4.57 Å². The lowest BCUT2D eigenvalue weighted by molar-refractivity contribution is 1.11. The maximum atomic E-state index is 5.24. The van der Waals surface area contributed by atoms with Crippen LogP contribution in [0.2, 0.25) is 0 Å². The van der Waals surface area contributed by atoms with Gasteiger partial charge in [0.25, 0.3) is 0 Å². The summed E-state index contributed by atoms with van der Waals surface area (Å²) in [4.78, 5) is 5.24. The van der Waals surface area contributed by atoms with Crippen molar-refractivity contribution in [1.29, 1.82) is 0 Å². The van der Waals surface area contributed by atoms with E-state index < -0.39 is 0 Å². The topological polar surface area (TPSA) is 17.8 Å². The van der Waals surface area contributed by atoms with Crippen molar-refractivity contribution in [2.45, 2.75) is 0 Å². The molecular weight excluding hydrogens is 689 g/mol. The van der Waals surface area contributed by atoms with Gasteiger partial charge in [-0.25, -0.2) is 4.98 Å². The second-order valence-electron chi connectivity index (χ2n) is 14.7. The van der Waals surface area contributed by atoms with Gasteiger partial charge in [0.15, 0.2) is 0 Å². The van der Waals surface area contributed by atoms with Crippen LogP contribution in [-0.2, 0) is 0 Å². The quantitative estimate of drug-likeness (QED) is 0.156. The summed E-state index contributed by atoms with van der Waals surface area (Å²) in [5.41, 5.74) is 13.9. The van der Waals surface area contributed by atoms with Gasteiger partial charge in [-0.1, -0.05) is 188 Å². The Bertz CT molecular complexity index is 3260. The zero-order chi connectivity index (χ0) is 37.7. The van der Waals surface area contributed by atoms with Gasteiger partial charge < -0.3 is 0 Å². The van der Waals surface area contributed by atoms with Crippen molar-refractivity contribution in [1.82, 2.24) is 9.55 Å². The highest BCUT2D eigenvalue weighted by Gasteiger charge is 2.20. The highest BCUT2D eigenvalue weighted by molar-refractivity contribution is 6.22. The Morgan fingerprint density at radius 3 is 1.56 bits per heavy atom. The summed E-state index contributed by atoms with van der Waals surface area (Å²) in [5.74, 6) is 0.926. The van der Waals surface area contributed by atoms with Gasteiger partial charge in [-0.2, -0.15) is 0 Å². The number of fused-ring (bicyclic) bond motifs is 4. The minimum absolute atomic E-state index is 0.926. The first kappa shape index (κ1) is 32.8. The predicted octanol–water partition coefficient (Wildman–Crippen LogP) is 14.8. The number of imidazole rings is 1. The highest BCUT2D eigenvalue weighted by Crippen LogP contribution is 2.46. The molecule has 266 valence electrons. The average Bonchev–Trinajstić information content (AvgIpc) is 3.68. The lowest BCUT2D eigenvalue weighted by Gasteiger charge is -2.19. The van der Waals surface area contributed by atoms with E-state index in [1.54, 1.807) is 0 Å². The monoisotopic (exact) mass is 724 g/mol. The number of hydrogen-bond donors (Lipinski definition) is 0. The molecule has 11 aromatic rings. The molecule has 1 heterocycles. The largest absolute Gasteiger partial charge is 0.292 e. The summed E-state index contributed by atoms with van der Waals surface area (Å²) in [5, 5.41) is 7.33. The van der Waals surface area contributed by atoms with E-state index in [0.29, 0.717) is 0 Å². The molecule has 0 aliphatic carbocycles. The molecule has 0 aliphatic heterocycles. The number of rotatable bonds is 6. The Kier molecular flexibility index (Phi) is 7.86. The third-order valence-corrected chi connectivity index (χ3v) is 11.4. The second-order valence-corrected chi connectivity index (χ2v) is 14.7. The molecule has 11 rings (SSSR count). The van der Waals surface area contributed by atoms with Gasteiger partial charge in [0.2, 0.25) is 0 Å². The zero-order valence-electron chi connectivity index (χ0n) is 31.2. The van der Waals surface area contributed by atoms with E-state index in [1.165, 1.54) is 76.8 Å².